The first-order chi connectivity index (χ1) is 15.5. The molecular formula is C24H29FO6S. The van der Waals surface area contributed by atoms with Gasteiger partial charge in [0, 0.05) is 6.42 Å². The maximum atomic E-state index is 13.9. The van der Waals surface area contributed by atoms with Crippen molar-refractivity contribution in [1.82, 2.24) is 0 Å². The first-order valence-electron chi connectivity index (χ1n) is 10.6. The standard InChI is InChI=1S/C22H23FO6S.C2H6/c1-27-15-5-4-13-8-12(2-3-14(13)10-15)9-18-16(6-7-30-18)28-22-21(26)20(25)19(23)17(11-24)29-22;1-2/h2-8,10,17,19-22,24-26H,9,11H2,1H3;1-2H3. The fourth-order valence-corrected chi connectivity index (χ4v) is 4.36. The molecule has 8 heteroatoms. The van der Waals surface area contributed by atoms with Crippen LogP contribution in [0.15, 0.2) is 47.8 Å². The van der Waals surface area contributed by atoms with E-state index >= 15 is 0 Å². The van der Waals surface area contributed by atoms with Gasteiger partial charge in [0.05, 0.1) is 18.6 Å². The molecule has 0 radical (unpaired) electrons. The van der Waals surface area contributed by atoms with Crippen LogP contribution in [0.2, 0.25) is 0 Å². The zero-order valence-electron chi connectivity index (χ0n) is 18.3. The summed E-state index contributed by atoms with van der Waals surface area (Å²) in [4.78, 5) is 0.899. The number of fused-ring (bicyclic) bond motifs is 1. The fraction of sp³-hybridized carbons (Fsp3) is 0.417. The molecule has 5 atom stereocenters. The van der Waals surface area contributed by atoms with Crippen molar-refractivity contribution in [2.45, 2.75) is 51.0 Å². The predicted octanol–water partition coefficient (Wildman–Crippen LogP) is 3.68. The molecule has 0 spiro atoms. The van der Waals surface area contributed by atoms with Crippen molar-refractivity contribution in [1.29, 1.82) is 0 Å². The quantitative estimate of drug-likeness (QED) is 0.516. The number of methoxy groups -OCH3 is 1. The molecule has 1 aliphatic rings. The molecule has 6 nitrogen and oxygen atoms in total. The summed E-state index contributed by atoms with van der Waals surface area (Å²) >= 11 is 1.49. The van der Waals surface area contributed by atoms with Gasteiger partial charge in [-0.25, -0.2) is 4.39 Å². The van der Waals surface area contributed by atoms with E-state index in [2.05, 4.69) is 6.07 Å². The number of alkyl halides is 1. The van der Waals surface area contributed by atoms with Gasteiger partial charge in [-0.15, -0.1) is 11.3 Å². The van der Waals surface area contributed by atoms with Crippen LogP contribution in [-0.2, 0) is 11.2 Å². The van der Waals surface area contributed by atoms with Crippen molar-refractivity contribution < 1.29 is 33.9 Å². The average Bonchev–Trinajstić information content (AvgIpc) is 3.26. The van der Waals surface area contributed by atoms with Crippen LogP contribution in [0, 0.1) is 0 Å². The van der Waals surface area contributed by atoms with Crippen LogP contribution in [0.5, 0.6) is 11.5 Å². The summed E-state index contributed by atoms with van der Waals surface area (Å²) in [6.07, 6.45) is -7.08. The van der Waals surface area contributed by atoms with Gasteiger partial charge in [-0.1, -0.05) is 38.1 Å². The summed E-state index contributed by atoms with van der Waals surface area (Å²) in [7, 11) is 1.64. The van der Waals surface area contributed by atoms with Crippen LogP contribution in [0.3, 0.4) is 0 Å². The van der Waals surface area contributed by atoms with Gasteiger partial charge in [-0.2, -0.15) is 0 Å². The van der Waals surface area contributed by atoms with Crippen LogP contribution < -0.4 is 9.47 Å². The first kappa shape index (κ1) is 24.4. The predicted molar refractivity (Wildman–Crippen MR) is 122 cm³/mol. The van der Waals surface area contributed by atoms with E-state index in [9.17, 15) is 19.7 Å². The minimum Gasteiger partial charge on any atom is -0.497 e. The van der Waals surface area contributed by atoms with Crippen LogP contribution >= 0.6 is 11.3 Å². The monoisotopic (exact) mass is 464 g/mol. The minimum atomic E-state index is -1.89. The zero-order chi connectivity index (χ0) is 23.3. The molecule has 0 saturated carbocycles. The molecule has 0 aliphatic carbocycles. The minimum absolute atomic E-state index is 0.486. The van der Waals surface area contributed by atoms with E-state index in [-0.39, 0.29) is 0 Å². The molecule has 32 heavy (non-hydrogen) atoms. The molecule has 0 amide bonds. The number of thiophene rings is 1. The molecule has 2 aromatic carbocycles. The molecule has 4 rings (SSSR count). The van der Waals surface area contributed by atoms with Crippen molar-refractivity contribution in [3.63, 3.8) is 0 Å². The van der Waals surface area contributed by atoms with Crippen LogP contribution in [0.1, 0.15) is 24.3 Å². The maximum Gasteiger partial charge on any atom is 0.229 e. The van der Waals surface area contributed by atoms with E-state index in [1.165, 1.54) is 11.3 Å². The average molecular weight is 465 g/mol. The lowest BCUT2D eigenvalue weighted by Crippen LogP contribution is -2.58. The Kier molecular flexibility index (Phi) is 8.44. The Hall–Kier alpha value is -2.23. The lowest BCUT2D eigenvalue weighted by molar-refractivity contribution is -0.265. The topological polar surface area (TPSA) is 88.4 Å². The van der Waals surface area contributed by atoms with Crippen molar-refractivity contribution in [3.8, 4) is 11.5 Å². The molecule has 1 aromatic heterocycles. The molecule has 1 fully saturated rings. The van der Waals surface area contributed by atoms with Crippen LogP contribution in [-0.4, -0.2) is 59.8 Å². The molecule has 2 heterocycles. The smallest absolute Gasteiger partial charge is 0.229 e. The second-order valence-electron chi connectivity index (χ2n) is 7.20. The Labute approximate surface area is 190 Å². The lowest BCUT2D eigenvalue weighted by atomic mass is 10.0. The molecule has 3 aromatic rings. The van der Waals surface area contributed by atoms with Gasteiger partial charge in [0.15, 0.2) is 6.17 Å². The second kappa shape index (κ2) is 11.1. The van der Waals surface area contributed by atoms with Gasteiger partial charge in [0.1, 0.15) is 29.8 Å². The molecule has 1 saturated heterocycles. The number of rotatable bonds is 6. The van der Waals surface area contributed by atoms with Gasteiger partial charge < -0.3 is 29.5 Å². The van der Waals surface area contributed by atoms with E-state index < -0.39 is 37.4 Å². The Morgan fingerprint density at radius 1 is 1.03 bits per heavy atom. The summed E-state index contributed by atoms with van der Waals surface area (Å²) < 4.78 is 30.3. The Balaban J connectivity index is 0.00000141. The van der Waals surface area contributed by atoms with Gasteiger partial charge in [-0.05, 0) is 39.9 Å². The van der Waals surface area contributed by atoms with Gasteiger partial charge in [-0.3, -0.25) is 0 Å². The molecule has 0 bridgehead atoms. The Bertz CT molecular complexity index is 1010. The number of hydrogen-bond donors (Lipinski definition) is 3. The second-order valence-corrected chi connectivity index (χ2v) is 8.20. The normalized spacial score (nSPS) is 25.2. The van der Waals surface area contributed by atoms with Crippen molar-refractivity contribution in [2.24, 2.45) is 0 Å². The van der Waals surface area contributed by atoms with Crippen LogP contribution in [0.4, 0.5) is 4.39 Å². The summed E-state index contributed by atoms with van der Waals surface area (Å²) in [5.74, 6) is 1.29. The number of benzene rings is 2. The van der Waals surface area contributed by atoms with Crippen molar-refractivity contribution in [3.05, 3.63) is 58.3 Å². The SMILES string of the molecule is CC.COc1ccc2cc(Cc3sccc3OC3OC(CO)C(F)C(O)C3O)ccc2c1. The van der Waals surface area contributed by atoms with E-state index in [0.717, 1.165) is 27.0 Å². The number of hydrogen-bond acceptors (Lipinski definition) is 7. The van der Waals surface area contributed by atoms with Gasteiger partial charge in [0.2, 0.25) is 6.29 Å². The summed E-state index contributed by atoms with van der Waals surface area (Å²) in [5.41, 5.74) is 1.07. The van der Waals surface area contributed by atoms with E-state index in [4.69, 9.17) is 14.2 Å². The summed E-state index contributed by atoms with van der Waals surface area (Å²) in [5, 5.41) is 33.3. The third-order valence-electron chi connectivity index (χ3n) is 5.22. The molecule has 5 unspecified atom stereocenters. The lowest BCUT2D eigenvalue weighted by Gasteiger charge is -2.38. The number of aliphatic hydroxyl groups excluding tert-OH is 3. The van der Waals surface area contributed by atoms with Crippen LogP contribution in [0.25, 0.3) is 10.8 Å². The molecule has 3 N–H and O–H groups in total. The molecule has 174 valence electrons. The van der Waals surface area contributed by atoms with Crippen molar-refractivity contribution in [2.75, 3.05) is 13.7 Å². The highest BCUT2D eigenvalue weighted by atomic mass is 32.1. The third kappa shape index (κ3) is 5.22. The first-order valence-corrected chi connectivity index (χ1v) is 11.4. The van der Waals surface area contributed by atoms with Crippen molar-refractivity contribution >= 4 is 22.1 Å². The molecular weight excluding hydrogens is 435 g/mol. The summed E-state index contributed by atoms with van der Waals surface area (Å²) in [6.45, 7) is 3.38. The largest absolute Gasteiger partial charge is 0.497 e. The highest BCUT2D eigenvalue weighted by Gasteiger charge is 2.46. The number of ether oxygens (including phenoxy) is 3. The fourth-order valence-electron chi connectivity index (χ4n) is 3.52. The Morgan fingerprint density at radius 2 is 1.75 bits per heavy atom. The highest BCUT2D eigenvalue weighted by molar-refractivity contribution is 7.10. The van der Waals surface area contributed by atoms with E-state index in [1.807, 2.05) is 49.6 Å². The molecule has 1 aliphatic heterocycles. The number of halogens is 1. The van der Waals surface area contributed by atoms with Gasteiger partial charge >= 0.3 is 0 Å². The Morgan fingerprint density at radius 3 is 2.47 bits per heavy atom. The highest BCUT2D eigenvalue weighted by Crippen LogP contribution is 2.32. The number of aliphatic hydroxyl groups is 3. The zero-order valence-corrected chi connectivity index (χ0v) is 19.1. The maximum absolute atomic E-state index is 13.9. The van der Waals surface area contributed by atoms with E-state index in [0.29, 0.717) is 12.2 Å². The summed E-state index contributed by atoms with van der Waals surface area (Å²) in [6, 6.07) is 13.8. The van der Waals surface area contributed by atoms with E-state index in [1.54, 1.807) is 13.2 Å². The third-order valence-corrected chi connectivity index (χ3v) is 6.13. The van der Waals surface area contributed by atoms with Gasteiger partial charge in [0.25, 0.3) is 0 Å².